The largest absolute Gasteiger partial charge is 0.294 e. The first-order valence-electron chi connectivity index (χ1n) is 4.70. The minimum absolute atomic E-state index is 0.0769. The molecule has 1 nitrogen and oxygen atoms in total. The van der Waals surface area contributed by atoms with Crippen molar-refractivity contribution in [3.8, 4) is 0 Å². The van der Waals surface area contributed by atoms with E-state index in [1.165, 1.54) is 4.70 Å². The van der Waals surface area contributed by atoms with Gasteiger partial charge in [0.05, 0.1) is 0 Å². The third-order valence-corrected chi connectivity index (χ3v) is 3.23. The van der Waals surface area contributed by atoms with Crippen molar-refractivity contribution in [2.45, 2.75) is 13.8 Å². The minimum Gasteiger partial charge on any atom is -0.294 e. The Balaban J connectivity index is 2.58. The van der Waals surface area contributed by atoms with Gasteiger partial charge in [0.1, 0.15) is 0 Å². The van der Waals surface area contributed by atoms with E-state index < -0.39 is 0 Å². The summed E-state index contributed by atoms with van der Waals surface area (Å²) < 4.78 is 1.19. The van der Waals surface area contributed by atoms with Crippen LogP contribution in [0.5, 0.6) is 0 Å². The van der Waals surface area contributed by atoms with Gasteiger partial charge >= 0.3 is 0 Å². The van der Waals surface area contributed by atoms with Crippen molar-refractivity contribution in [2.24, 2.45) is 5.92 Å². The molecule has 0 atom stereocenters. The summed E-state index contributed by atoms with van der Waals surface area (Å²) in [4.78, 5) is 11.8. The number of thiophene rings is 1. The summed E-state index contributed by atoms with van der Waals surface area (Å²) in [7, 11) is 0. The molecule has 72 valence electrons. The van der Waals surface area contributed by atoms with Crippen LogP contribution in [0.25, 0.3) is 10.1 Å². The maximum absolute atomic E-state index is 11.8. The van der Waals surface area contributed by atoms with E-state index in [1.807, 2.05) is 37.4 Å². The zero-order valence-electron chi connectivity index (χ0n) is 8.28. The first kappa shape index (κ1) is 9.41. The first-order chi connectivity index (χ1) is 6.70. The molecular formula is C12H12OS. The average molecular weight is 204 g/mol. The van der Waals surface area contributed by atoms with Gasteiger partial charge in [-0.3, -0.25) is 4.79 Å². The fourth-order valence-electron chi connectivity index (χ4n) is 1.48. The van der Waals surface area contributed by atoms with Gasteiger partial charge in [-0.2, -0.15) is 0 Å². The van der Waals surface area contributed by atoms with E-state index in [4.69, 9.17) is 0 Å². The Morgan fingerprint density at radius 3 is 2.71 bits per heavy atom. The Morgan fingerprint density at radius 1 is 1.29 bits per heavy atom. The van der Waals surface area contributed by atoms with Crippen LogP contribution in [0.15, 0.2) is 29.6 Å². The van der Waals surface area contributed by atoms with E-state index in [9.17, 15) is 4.79 Å². The third-order valence-electron chi connectivity index (χ3n) is 2.27. The molecule has 0 N–H and O–H groups in total. The summed E-state index contributed by atoms with van der Waals surface area (Å²) in [6.45, 7) is 3.88. The van der Waals surface area contributed by atoms with E-state index in [2.05, 4.69) is 6.07 Å². The molecule has 14 heavy (non-hydrogen) atoms. The standard InChI is InChI=1S/C12H12OS/c1-8(2)12(13)10-7-14-11-6-4-3-5-9(10)11/h3-8H,1-2H3. The van der Waals surface area contributed by atoms with Gasteiger partial charge in [0.2, 0.25) is 0 Å². The first-order valence-corrected chi connectivity index (χ1v) is 5.58. The molecule has 0 aliphatic carbocycles. The van der Waals surface area contributed by atoms with Gasteiger partial charge < -0.3 is 0 Å². The molecule has 0 bridgehead atoms. The lowest BCUT2D eigenvalue weighted by atomic mass is 10.0. The summed E-state index contributed by atoms with van der Waals surface area (Å²) in [6, 6.07) is 8.05. The summed E-state index contributed by atoms with van der Waals surface area (Å²) in [6.07, 6.45) is 0. The molecule has 2 aromatic rings. The molecule has 0 saturated heterocycles. The van der Waals surface area contributed by atoms with Gasteiger partial charge in [-0.15, -0.1) is 11.3 Å². The van der Waals surface area contributed by atoms with E-state index in [1.54, 1.807) is 11.3 Å². The lowest BCUT2D eigenvalue weighted by Crippen LogP contribution is -2.06. The monoisotopic (exact) mass is 204 g/mol. The minimum atomic E-state index is 0.0769. The van der Waals surface area contributed by atoms with Crippen molar-refractivity contribution in [3.63, 3.8) is 0 Å². The van der Waals surface area contributed by atoms with E-state index in [0.717, 1.165) is 10.9 Å². The zero-order chi connectivity index (χ0) is 10.1. The van der Waals surface area contributed by atoms with Gasteiger partial charge in [-0.25, -0.2) is 0 Å². The Hall–Kier alpha value is -1.15. The highest BCUT2D eigenvalue weighted by atomic mass is 32.1. The van der Waals surface area contributed by atoms with E-state index in [-0.39, 0.29) is 11.7 Å². The van der Waals surface area contributed by atoms with Crippen LogP contribution >= 0.6 is 11.3 Å². The number of hydrogen-bond donors (Lipinski definition) is 0. The molecule has 0 radical (unpaired) electrons. The number of carbonyl (C=O) groups is 1. The fraction of sp³-hybridized carbons (Fsp3) is 0.250. The molecule has 2 rings (SSSR count). The second-order valence-corrected chi connectivity index (χ2v) is 4.58. The average Bonchev–Trinajstić information content (AvgIpc) is 2.60. The number of Topliss-reactive ketones (excluding diaryl/α,β-unsaturated/α-hetero) is 1. The molecule has 0 fully saturated rings. The van der Waals surface area contributed by atoms with Crippen molar-refractivity contribution >= 4 is 27.2 Å². The van der Waals surface area contributed by atoms with Crippen molar-refractivity contribution in [2.75, 3.05) is 0 Å². The summed E-state index contributed by atoms with van der Waals surface area (Å²) in [5, 5.41) is 3.06. The summed E-state index contributed by atoms with van der Waals surface area (Å²) >= 11 is 1.64. The van der Waals surface area contributed by atoms with E-state index >= 15 is 0 Å². The zero-order valence-corrected chi connectivity index (χ0v) is 9.10. The number of rotatable bonds is 2. The topological polar surface area (TPSA) is 17.1 Å². The van der Waals surface area contributed by atoms with Gasteiger partial charge in [0, 0.05) is 26.9 Å². The normalized spacial score (nSPS) is 11.1. The van der Waals surface area contributed by atoms with Gasteiger partial charge in [-0.1, -0.05) is 32.0 Å². The van der Waals surface area contributed by atoms with Gasteiger partial charge in [0.25, 0.3) is 0 Å². The van der Waals surface area contributed by atoms with Crippen LogP contribution in [0.1, 0.15) is 24.2 Å². The number of fused-ring (bicyclic) bond motifs is 1. The van der Waals surface area contributed by atoms with Crippen molar-refractivity contribution in [3.05, 3.63) is 35.2 Å². The van der Waals surface area contributed by atoms with Crippen molar-refractivity contribution in [1.82, 2.24) is 0 Å². The highest BCUT2D eigenvalue weighted by molar-refractivity contribution is 7.17. The molecule has 2 heteroatoms. The maximum Gasteiger partial charge on any atom is 0.166 e. The molecule has 0 spiro atoms. The Morgan fingerprint density at radius 2 is 2.00 bits per heavy atom. The predicted octanol–water partition coefficient (Wildman–Crippen LogP) is 3.74. The lowest BCUT2D eigenvalue weighted by Gasteiger charge is -2.01. The molecule has 1 aromatic carbocycles. The fourth-order valence-corrected chi connectivity index (χ4v) is 2.43. The van der Waals surface area contributed by atoms with Crippen LogP contribution in [0, 0.1) is 5.92 Å². The smallest absolute Gasteiger partial charge is 0.166 e. The van der Waals surface area contributed by atoms with Crippen LogP contribution in [-0.4, -0.2) is 5.78 Å². The Labute approximate surface area is 87.4 Å². The molecule has 0 amide bonds. The Bertz CT molecular complexity index is 468. The molecule has 0 saturated carbocycles. The quantitative estimate of drug-likeness (QED) is 0.681. The molecule has 0 aliphatic heterocycles. The molecular weight excluding hydrogens is 192 g/mol. The number of hydrogen-bond acceptors (Lipinski definition) is 2. The summed E-state index contributed by atoms with van der Waals surface area (Å²) in [5.74, 6) is 0.315. The van der Waals surface area contributed by atoms with E-state index in [0.29, 0.717) is 0 Å². The van der Waals surface area contributed by atoms with Crippen LogP contribution in [0.3, 0.4) is 0 Å². The third kappa shape index (κ3) is 1.46. The molecule has 0 aliphatic rings. The molecule has 1 aromatic heterocycles. The lowest BCUT2D eigenvalue weighted by molar-refractivity contribution is 0.0941. The van der Waals surface area contributed by atoms with Crippen molar-refractivity contribution in [1.29, 1.82) is 0 Å². The highest BCUT2D eigenvalue weighted by Gasteiger charge is 2.14. The number of ketones is 1. The Kier molecular flexibility index (Phi) is 2.38. The number of benzene rings is 1. The van der Waals surface area contributed by atoms with Crippen LogP contribution < -0.4 is 0 Å². The maximum atomic E-state index is 11.8. The van der Waals surface area contributed by atoms with Crippen molar-refractivity contribution < 1.29 is 4.79 Å². The SMILES string of the molecule is CC(C)C(=O)c1csc2ccccc12. The predicted molar refractivity (Wildman–Crippen MR) is 61.0 cm³/mol. The van der Waals surface area contributed by atoms with Gasteiger partial charge in [-0.05, 0) is 6.07 Å². The summed E-state index contributed by atoms with van der Waals surface area (Å²) in [5.41, 5.74) is 0.876. The van der Waals surface area contributed by atoms with Gasteiger partial charge in [0.15, 0.2) is 5.78 Å². The number of carbonyl (C=O) groups excluding carboxylic acids is 1. The van der Waals surface area contributed by atoms with Crippen LogP contribution in [0.2, 0.25) is 0 Å². The van der Waals surface area contributed by atoms with Crippen LogP contribution in [0.4, 0.5) is 0 Å². The van der Waals surface area contributed by atoms with Crippen LogP contribution in [-0.2, 0) is 0 Å². The second kappa shape index (κ2) is 3.54. The highest BCUT2D eigenvalue weighted by Crippen LogP contribution is 2.27. The molecule has 0 unspecified atom stereocenters. The second-order valence-electron chi connectivity index (χ2n) is 3.66. The molecule has 1 heterocycles.